The number of para-hydroxylation sites is 5. The number of oxazole rings is 1. The van der Waals surface area contributed by atoms with Crippen molar-refractivity contribution in [2.45, 2.75) is 0 Å². The summed E-state index contributed by atoms with van der Waals surface area (Å²) in [4.78, 5) is 7.47. The van der Waals surface area contributed by atoms with Crippen molar-refractivity contribution in [3.8, 4) is 28.3 Å². The van der Waals surface area contributed by atoms with E-state index >= 15 is 0 Å². The zero-order chi connectivity index (χ0) is 35.6. The second kappa shape index (κ2) is 12.1. The lowest BCUT2D eigenvalue weighted by molar-refractivity contribution is 0.622. The number of anilines is 3. The zero-order valence-corrected chi connectivity index (χ0v) is 29.1. The summed E-state index contributed by atoms with van der Waals surface area (Å²) in [5.41, 5.74) is 12.6. The fraction of sp³-hybridized carbons (Fsp3) is 0. The van der Waals surface area contributed by atoms with Crippen molar-refractivity contribution >= 4 is 71.9 Å². The number of aromatic nitrogens is 2. The minimum atomic E-state index is 0.582. The molecule has 0 aliphatic heterocycles. The van der Waals surface area contributed by atoms with E-state index in [9.17, 15) is 0 Å². The van der Waals surface area contributed by atoms with E-state index in [1.807, 2.05) is 48.5 Å². The van der Waals surface area contributed by atoms with Crippen molar-refractivity contribution < 1.29 is 8.83 Å². The van der Waals surface area contributed by atoms with Crippen LogP contribution >= 0.6 is 0 Å². The van der Waals surface area contributed by atoms with Gasteiger partial charge in [0.2, 0.25) is 5.89 Å². The standard InChI is InChI=1S/C49H31N3O2/c1-4-15-33(16-5-1)49-50-46-40(31-44-45(48(46)54-49)39-22-11-13-26-43(39)53-44)32-27-29-36(30-28-32)51(34-17-6-2-7-18-34)42-25-14-23-38-37-21-10-12-24-41(37)52(47(38)42)35-19-8-3-9-20-35/h1-31H. The first kappa shape index (κ1) is 30.3. The normalized spacial score (nSPS) is 11.7. The van der Waals surface area contributed by atoms with Crippen molar-refractivity contribution in [1.82, 2.24) is 9.55 Å². The van der Waals surface area contributed by atoms with E-state index in [1.54, 1.807) is 0 Å². The van der Waals surface area contributed by atoms with E-state index in [2.05, 4.69) is 149 Å². The molecular formula is C49H31N3O2. The molecule has 0 spiro atoms. The van der Waals surface area contributed by atoms with Crippen LogP contribution in [0.15, 0.2) is 197 Å². The van der Waals surface area contributed by atoms with Crippen molar-refractivity contribution in [2.75, 3.05) is 4.90 Å². The monoisotopic (exact) mass is 693 g/mol. The quantitative estimate of drug-likeness (QED) is 0.174. The molecule has 0 saturated carbocycles. The zero-order valence-electron chi connectivity index (χ0n) is 29.1. The first-order valence-corrected chi connectivity index (χ1v) is 18.1. The Morgan fingerprint density at radius 1 is 0.481 bits per heavy atom. The first-order valence-electron chi connectivity index (χ1n) is 18.1. The highest BCUT2D eigenvalue weighted by Gasteiger charge is 2.23. The van der Waals surface area contributed by atoms with E-state index in [0.717, 1.165) is 78.0 Å². The Kier molecular flexibility index (Phi) is 6.79. The maximum Gasteiger partial charge on any atom is 0.227 e. The molecule has 11 aromatic rings. The molecule has 0 unspecified atom stereocenters. The van der Waals surface area contributed by atoms with Gasteiger partial charge in [-0.25, -0.2) is 4.98 Å². The SMILES string of the molecule is c1ccc(-c2nc3c(-c4ccc(N(c5ccccc5)c5cccc6c7ccccc7n(-c7ccccc7)c56)cc4)cc4oc5ccccc5c4c3o2)cc1. The molecule has 0 atom stereocenters. The third kappa shape index (κ3) is 4.69. The third-order valence-electron chi connectivity index (χ3n) is 10.4. The van der Waals surface area contributed by atoms with Crippen molar-refractivity contribution in [1.29, 1.82) is 0 Å². The number of hydrogen-bond acceptors (Lipinski definition) is 4. The summed E-state index contributed by atoms with van der Waals surface area (Å²) in [5.74, 6) is 0.582. The molecule has 0 aliphatic carbocycles. The Balaban J connectivity index is 1.12. The molecule has 0 bridgehead atoms. The highest BCUT2D eigenvalue weighted by atomic mass is 16.4. The highest BCUT2D eigenvalue weighted by molar-refractivity contribution is 6.19. The van der Waals surface area contributed by atoms with Gasteiger partial charge in [-0.05, 0) is 78.4 Å². The molecule has 254 valence electrons. The van der Waals surface area contributed by atoms with Gasteiger partial charge in [0.1, 0.15) is 16.7 Å². The van der Waals surface area contributed by atoms with Gasteiger partial charge in [-0.2, -0.15) is 0 Å². The van der Waals surface area contributed by atoms with Gasteiger partial charge in [0.25, 0.3) is 0 Å². The van der Waals surface area contributed by atoms with Crippen LogP contribution in [0.5, 0.6) is 0 Å². The minimum Gasteiger partial charge on any atom is -0.456 e. The van der Waals surface area contributed by atoms with Crippen molar-refractivity contribution in [3.63, 3.8) is 0 Å². The summed E-state index contributed by atoms with van der Waals surface area (Å²) in [7, 11) is 0. The van der Waals surface area contributed by atoms with Crippen LogP contribution in [0.3, 0.4) is 0 Å². The topological polar surface area (TPSA) is 47.3 Å². The number of fused-ring (bicyclic) bond motifs is 8. The summed E-state index contributed by atoms with van der Waals surface area (Å²) < 4.78 is 15.4. The molecule has 0 N–H and O–H groups in total. The highest BCUT2D eigenvalue weighted by Crippen LogP contribution is 2.45. The summed E-state index contributed by atoms with van der Waals surface area (Å²) in [6.45, 7) is 0. The number of rotatable bonds is 6. The van der Waals surface area contributed by atoms with Crippen LogP contribution in [0.4, 0.5) is 17.1 Å². The average molecular weight is 694 g/mol. The van der Waals surface area contributed by atoms with Gasteiger partial charge in [0.05, 0.1) is 22.1 Å². The maximum atomic E-state index is 6.61. The number of benzene rings is 8. The van der Waals surface area contributed by atoms with Crippen molar-refractivity contribution in [3.05, 3.63) is 188 Å². The van der Waals surface area contributed by atoms with Gasteiger partial charge in [-0.1, -0.05) is 115 Å². The first-order chi connectivity index (χ1) is 26.8. The van der Waals surface area contributed by atoms with Gasteiger partial charge in [0, 0.05) is 44.3 Å². The van der Waals surface area contributed by atoms with E-state index < -0.39 is 0 Å². The van der Waals surface area contributed by atoms with Crippen LogP contribution in [0, 0.1) is 0 Å². The molecule has 8 aromatic carbocycles. The van der Waals surface area contributed by atoms with Gasteiger partial charge in [-0.15, -0.1) is 0 Å². The second-order valence-corrected chi connectivity index (χ2v) is 13.5. The Labute approximate surface area is 310 Å². The number of furan rings is 1. The second-order valence-electron chi connectivity index (χ2n) is 13.5. The largest absolute Gasteiger partial charge is 0.456 e. The Bertz CT molecular complexity index is 3140. The lowest BCUT2D eigenvalue weighted by Crippen LogP contribution is -2.11. The van der Waals surface area contributed by atoms with E-state index in [0.29, 0.717) is 5.89 Å². The third-order valence-corrected chi connectivity index (χ3v) is 10.4. The molecule has 0 aliphatic rings. The molecule has 0 radical (unpaired) electrons. The number of nitrogens with zero attached hydrogens (tertiary/aromatic N) is 3. The van der Waals surface area contributed by atoms with Crippen LogP contribution in [0.1, 0.15) is 0 Å². The summed E-state index contributed by atoms with van der Waals surface area (Å²) >= 11 is 0. The molecular weight excluding hydrogens is 663 g/mol. The maximum absolute atomic E-state index is 6.61. The van der Waals surface area contributed by atoms with Gasteiger partial charge < -0.3 is 18.3 Å². The predicted octanol–water partition coefficient (Wildman–Crippen LogP) is 13.6. The van der Waals surface area contributed by atoms with Gasteiger partial charge in [0.15, 0.2) is 5.58 Å². The summed E-state index contributed by atoms with van der Waals surface area (Å²) in [6.07, 6.45) is 0. The van der Waals surface area contributed by atoms with E-state index in [-0.39, 0.29) is 0 Å². The van der Waals surface area contributed by atoms with Crippen LogP contribution in [-0.4, -0.2) is 9.55 Å². The molecule has 5 nitrogen and oxygen atoms in total. The molecule has 3 heterocycles. The average Bonchev–Trinajstić information content (AvgIpc) is 3.95. The Hall–Kier alpha value is -7.37. The van der Waals surface area contributed by atoms with Crippen LogP contribution in [-0.2, 0) is 0 Å². The lowest BCUT2D eigenvalue weighted by Gasteiger charge is -2.27. The minimum absolute atomic E-state index is 0.582. The van der Waals surface area contributed by atoms with Crippen LogP contribution in [0.25, 0.3) is 83.1 Å². The summed E-state index contributed by atoms with van der Waals surface area (Å²) in [5, 5.41) is 4.36. The molecule has 3 aromatic heterocycles. The fourth-order valence-electron chi connectivity index (χ4n) is 8.02. The van der Waals surface area contributed by atoms with E-state index in [1.165, 1.54) is 16.3 Å². The Morgan fingerprint density at radius 3 is 1.93 bits per heavy atom. The fourth-order valence-corrected chi connectivity index (χ4v) is 8.02. The molecule has 0 saturated heterocycles. The van der Waals surface area contributed by atoms with E-state index in [4.69, 9.17) is 13.8 Å². The molecule has 0 fully saturated rings. The van der Waals surface area contributed by atoms with Gasteiger partial charge >= 0.3 is 0 Å². The van der Waals surface area contributed by atoms with Crippen LogP contribution in [0.2, 0.25) is 0 Å². The predicted molar refractivity (Wildman–Crippen MR) is 221 cm³/mol. The van der Waals surface area contributed by atoms with Crippen LogP contribution < -0.4 is 4.90 Å². The smallest absolute Gasteiger partial charge is 0.227 e. The Morgan fingerprint density at radius 2 is 1.13 bits per heavy atom. The van der Waals surface area contributed by atoms with Gasteiger partial charge in [-0.3, -0.25) is 0 Å². The molecule has 54 heavy (non-hydrogen) atoms. The van der Waals surface area contributed by atoms with Crippen molar-refractivity contribution in [2.24, 2.45) is 0 Å². The number of hydrogen-bond donors (Lipinski definition) is 0. The molecule has 0 amide bonds. The molecule has 5 heteroatoms. The lowest BCUT2D eigenvalue weighted by atomic mass is 10.0. The molecule has 11 rings (SSSR count). The summed E-state index contributed by atoms with van der Waals surface area (Å²) in [6, 6.07) is 65.5.